The van der Waals surface area contributed by atoms with Crippen LogP contribution in [0.5, 0.6) is 5.75 Å². The van der Waals surface area contributed by atoms with Gasteiger partial charge in [0.1, 0.15) is 0 Å². The Labute approximate surface area is 126 Å². The number of anilines is 1. The summed E-state index contributed by atoms with van der Waals surface area (Å²) in [6, 6.07) is 4.56. The third kappa shape index (κ3) is 6.66. The highest BCUT2D eigenvalue weighted by Crippen LogP contribution is 2.29. The molecular formula is C14H19F3N2O3. The van der Waals surface area contributed by atoms with E-state index in [1.807, 2.05) is 13.8 Å². The highest BCUT2D eigenvalue weighted by Gasteiger charge is 2.32. The number of alkyl halides is 3. The van der Waals surface area contributed by atoms with Crippen LogP contribution in [0.25, 0.3) is 0 Å². The van der Waals surface area contributed by atoms with E-state index >= 15 is 0 Å². The fourth-order valence-electron chi connectivity index (χ4n) is 1.62. The van der Waals surface area contributed by atoms with Crippen LogP contribution in [0.3, 0.4) is 0 Å². The number of aliphatic hydroxyl groups is 1. The summed E-state index contributed by atoms with van der Waals surface area (Å²) in [6.45, 7) is 3.89. The van der Waals surface area contributed by atoms with Gasteiger partial charge in [-0.05, 0) is 24.5 Å². The molecule has 1 atom stereocenters. The molecule has 1 unspecified atom stereocenters. The van der Waals surface area contributed by atoms with Crippen LogP contribution >= 0.6 is 0 Å². The van der Waals surface area contributed by atoms with Crippen LogP contribution in [-0.4, -0.2) is 30.1 Å². The molecule has 1 aromatic rings. The molecule has 0 saturated carbocycles. The molecule has 0 aromatic heterocycles. The number of carbonyl (C=O) groups excluding carboxylic acids is 1. The van der Waals surface area contributed by atoms with Gasteiger partial charge in [0.05, 0.1) is 11.8 Å². The summed E-state index contributed by atoms with van der Waals surface area (Å²) in [6.07, 6.45) is -5.04. The second-order valence-electron chi connectivity index (χ2n) is 5.02. The summed E-state index contributed by atoms with van der Waals surface area (Å²) in [5, 5.41) is 14.3. The Kier molecular flexibility index (Phi) is 6.48. The molecule has 2 amide bonds. The Balaban J connectivity index is 2.54. The average molecular weight is 320 g/mol. The van der Waals surface area contributed by atoms with Gasteiger partial charge in [0, 0.05) is 6.54 Å². The van der Waals surface area contributed by atoms with E-state index in [2.05, 4.69) is 15.4 Å². The van der Waals surface area contributed by atoms with Crippen LogP contribution in [0.1, 0.15) is 20.3 Å². The van der Waals surface area contributed by atoms with Crippen molar-refractivity contribution < 1.29 is 27.8 Å². The maximum absolute atomic E-state index is 12.2. The Morgan fingerprint density at radius 1 is 1.32 bits per heavy atom. The molecule has 1 rings (SSSR count). The summed E-state index contributed by atoms with van der Waals surface area (Å²) in [5.41, 5.74) is -0.0956. The molecule has 0 aliphatic carbocycles. The van der Waals surface area contributed by atoms with Crippen molar-refractivity contribution in [1.29, 1.82) is 0 Å². The number of halogens is 3. The standard InChI is InChI=1S/C14H19F3N2O3/c1-9(2)11(20)7-8-18-13(21)19-10-5-3-4-6-12(10)22-14(15,16)17/h3-6,9,11,20H,7-8H2,1-2H3,(H2,18,19,21). The quantitative estimate of drug-likeness (QED) is 0.754. The molecule has 3 N–H and O–H groups in total. The van der Waals surface area contributed by atoms with Crippen molar-refractivity contribution in [2.45, 2.75) is 32.7 Å². The van der Waals surface area contributed by atoms with E-state index in [0.29, 0.717) is 6.42 Å². The summed E-state index contributed by atoms with van der Waals surface area (Å²) < 4.78 is 40.6. The van der Waals surface area contributed by atoms with Crippen molar-refractivity contribution in [2.75, 3.05) is 11.9 Å². The van der Waals surface area contributed by atoms with Crippen LogP contribution in [-0.2, 0) is 0 Å². The number of hydrogen-bond acceptors (Lipinski definition) is 3. The van der Waals surface area contributed by atoms with E-state index in [9.17, 15) is 23.1 Å². The van der Waals surface area contributed by atoms with Gasteiger partial charge in [-0.25, -0.2) is 4.79 Å². The second kappa shape index (κ2) is 7.88. The molecule has 5 nitrogen and oxygen atoms in total. The topological polar surface area (TPSA) is 70.6 Å². The first-order chi connectivity index (χ1) is 10.2. The number of benzene rings is 1. The molecule has 8 heteroatoms. The van der Waals surface area contributed by atoms with Gasteiger partial charge in [-0.1, -0.05) is 26.0 Å². The van der Waals surface area contributed by atoms with Crippen LogP contribution in [0.2, 0.25) is 0 Å². The van der Waals surface area contributed by atoms with E-state index in [1.165, 1.54) is 18.2 Å². The number of carbonyl (C=O) groups is 1. The van der Waals surface area contributed by atoms with Crippen LogP contribution in [0.4, 0.5) is 23.7 Å². The minimum Gasteiger partial charge on any atom is -0.404 e. The Bertz CT molecular complexity index is 492. The molecule has 22 heavy (non-hydrogen) atoms. The first kappa shape index (κ1) is 18.1. The zero-order valence-corrected chi connectivity index (χ0v) is 12.3. The van der Waals surface area contributed by atoms with Crippen LogP contribution < -0.4 is 15.4 Å². The molecule has 0 bridgehead atoms. The Morgan fingerprint density at radius 2 is 1.95 bits per heavy atom. The van der Waals surface area contributed by atoms with Crippen molar-refractivity contribution in [3.8, 4) is 5.75 Å². The fraction of sp³-hybridized carbons (Fsp3) is 0.500. The number of rotatable bonds is 6. The van der Waals surface area contributed by atoms with Gasteiger partial charge in [0.25, 0.3) is 0 Å². The van der Waals surface area contributed by atoms with Crippen LogP contribution in [0.15, 0.2) is 24.3 Å². The molecule has 0 aliphatic heterocycles. The van der Waals surface area contributed by atoms with Gasteiger partial charge in [0.15, 0.2) is 5.75 Å². The van der Waals surface area contributed by atoms with Crippen molar-refractivity contribution in [3.05, 3.63) is 24.3 Å². The summed E-state index contributed by atoms with van der Waals surface area (Å²) in [5.74, 6) is -0.432. The van der Waals surface area contributed by atoms with E-state index in [4.69, 9.17) is 0 Å². The molecule has 0 aliphatic rings. The minimum atomic E-state index is -4.84. The van der Waals surface area contributed by atoms with E-state index < -0.39 is 24.2 Å². The molecule has 0 heterocycles. The molecule has 0 saturated heterocycles. The van der Waals surface area contributed by atoms with Gasteiger partial charge in [-0.3, -0.25) is 0 Å². The monoisotopic (exact) mass is 320 g/mol. The van der Waals surface area contributed by atoms with Gasteiger partial charge in [0.2, 0.25) is 0 Å². The first-order valence-electron chi connectivity index (χ1n) is 6.76. The summed E-state index contributed by atoms with van der Waals surface area (Å²) >= 11 is 0. The van der Waals surface area contributed by atoms with Crippen molar-refractivity contribution in [1.82, 2.24) is 5.32 Å². The number of para-hydroxylation sites is 2. The number of nitrogens with one attached hydrogen (secondary N) is 2. The largest absolute Gasteiger partial charge is 0.573 e. The van der Waals surface area contributed by atoms with Crippen molar-refractivity contribution in [2.24, 2.45) is 5.92 Å². The SMILES string of the molecule is CC(C)C(O)CCNC(=O)Nc1ccccc1OC(F)(F)F. The zero-order chi connectivity index (χ0) is 16.8. The maximum atomic E-state index is 12.2. The molecule has 124 valence electrons. The van der Waals surface area contributed by atoms with Gasteiger partial charge in [-0.2, -0.15) is 0 Å². The van der Waals surface area contributed by atoms with E-state index in [0.717, 1.165) is 6.07 Å². The maximum Gasteiger partial charge on any atom is 0.573 e. The Hall–Kier alpha value is -1.96. The molecule has 1 aromatic carbocycles. The lowest BCUT2D eigenvalue weighted by Gasteiger charge is -2.16. The Morgan fingerprint density at radius 3 is 2.55 bits per heavy atom. The minimum absolute atomic E-state index is 0.0609. The third-order valence-corrected chi connectivity index (χ3v) is 2.86. The lowest BCUT2D eigenvalue weighted by Crippen LogP contribution is -2.32. The zero-order valence-electron chi connectivity index (χ0n) is 12.3. The summed E-state index contributed by atoms with van der Waals surface area (Å²) in [7, 11) is 0. The van der Waals surface area contributed by atoms with Crippen LogP contribution in [0, 0.1) is 5.92 Å². The van der Waals surface area contributed by atoms with Crippen molar-refractivity contribution >= 4 is 11.7 Å². The number of aliphatic hydroxyl groups excluding tert-OH is 1. The van der Waals surface area contributed by atoms with Gasteiger partial charge < -0.3 is 20.5 Å². The highest BCUT2D eigenvalue weighted by molar-refractivity contribution is 5.90. The smallest absolute Gasteiger partial charge is 0.404 e. The van der Waals surface area contributed by atoms with Crippen molar-refractivity contribution in [3.63, 3.8) is 0 Å². The summed E-state index contributed by atoms with van der Waals surface area (Å²) in [4.78, 5) is 11.6. The highest BCUT2D eigenvalue weighted by atomic mass is 19.4. The number of urea groups is 1. The van der Waals surface area contributed by atoms with E-state index in [1.54, 1.807) is 0 Å². The number of hydrogen-bond donors (Lipinski definition) is 3. The lowest BCUT2D eigenvalue weighted by molar-refractivity contribution is -0.274. The average Bonchev–Trinajstić information content (AvgIpc) is 2.39. The fourth-order valence-corrected chi connectivity index (χ4v) is 1.62. The normalized spacial score (nSPS) is 12.9. The predicted molar refractivity (Wildman–Crippen MR) is 75.6 cm³/mol. The van der Waals surface area contributed by atoms with Gasteiger partial charge >= 0.3 is 12.4 Å². The first-order valence-corrected chi connectivity index (χ1v) is 6.76. The molecule has 0 radical (unpaired) electrons. The predicted octanol–water partition coefficient (Wildman–Crippen LogP) is 3.11. The van der Waals surface area contributed by atoms with E-state index in [-0.39, 0.29) is 18.2 Å². The second-order valence-corrected chi connectivity index (χ2v) is 5.02. The molecular weight excluding hydrogens is 301 g/mol. The molecule has 0 spiro atoms. The third-order valence-electron chi connectivity index (χ3n) is 2.86. The lowest BCUT2D eigenvalue weighted by atomic mass is 10.0. The number of ether oxygens (including phenoxy) is 1. The number of amides is 2. The van der Waals surface area contributed by atoms with Gasteiger partial charge in [-0.15, -0.1) is 13.2 Å². The molecule has 0 fully saturated rings.